The van der Waals surface area contributed by atoms with Crippen LogP contribution in [-0.4, -0.2) is 18.2 Å². The molecule has 2 rings (SSSR count). The summed E-state index contributed by atoms with van der Waals surface area (Å²) in [5.74, 6) is -15.6. The van der Waals surface area contributed by atoms with Crippen molar-refractivity contribution in [2.24, 2.45) is 5.92 Å². The molecule has 2 aromatic carbocycles. The SMILES string of the molecule is CCC(CC)OC(=O)[C@H](C)CP(=O)(Oc1ccc(Cl)cc1)Oc1c(F)c(F)c(F)c(F)c1F. The average Bonchev–Trinajstić information content (AvgIpc) is 2.79. The number of benzene rings is 2. The molecule has 0 N–H and O–H groups in total. The van der Waals surface area contributed by atoms with E-state index in [0.717, 1.165) is 0 Å². The summed E-state index contributed by atoms with van der Waals surface area (Å²) in [5.41, 5.74) is 0. The molecule has 0 saturated heterocycles. The highest BCUT2D eigenvalue weighted by Gasteiger charge is 2.38. The van der Waals surface area contributed by atoms with Crippen LogP contribution >= 0.6 is 19.2 Å². The zero-order valence-electron chi connectivity index (χ0n) is 17.8. The molecule has 0 heterocycles. The number of ether oxygens (including phenoxy) is 1. The fraction of sp³-hybridized carbons (Fsp3) is 0.381. The molecule has 0 amide bonds. The molecule has 2 atom stereocenters. The molecule has 0 aromatic heterocycles. The summed E-state index contributed by atoms with van der Waals surface area (Å²) in [6.07, 6.45) is -0.189. The van der Waals surface area contributed by atoms with Crippen LogP contribution in [0.5, 0.6) is 11.5 Å². The van der Waals surface area contributed by atoms with E-state index in [2.05, 4.69) is 0 Å². The van der Waals surface area contributed by atoms with Crippen molar-refractivity contribution in [3.05, 3.63) is 58.4 Å². The molecule has 0 spiro atoms. The maximum absolute atomic E-state index is 14.2. The van der Waals surface area contributed by atoms with Crippen LogP contribution in [0.1, 0.15) is 33.6 Å². The van der Waals surface area contributed by atoms with Crippen molar-refractivity contribution in [1.29, 1.82) is 0 Å². The molecule has 182 valence electrons. The van der Waals surface area contributed by atoms with Gasteiger partial charge in [-0.2, -0.15) is 8.78 Å². The van der Waals surface area contributed by atoms with Crippen molar-refractivity contribution in [3.63, 3.8) is 0 Å². The van der Waals surface area contributed by atoms with Crippen LogP contribution in [-0.2, 0) is 14.1 Å². The topological polar surface area (TPSA) is 61.8 Å². The number of halogens is 6. The highest BCUT2D eigenvalue weighted by Crippen LogP contribution is 2.51. The first-order valence-electron chi connectivity index (χ1n) is 9.88. The lowest BCUT2D eigenvalue weighted by Gasteiger charge is -2.24. The Morgan fingerprint density at radius 3 is 1.88 bits per heavy atom. The summed E-state index contributed by atoms with van der Waals surface area (Å²) < 4.78 is 97.6. The van der Waals surface area contributed by atoms with Crippen molar-refractivity contribution in [2.75, 3.05) is 6.16 Å². The van der Waals surface area contributed by atoms with Crippen LogP contribution in [0.4, 0.5) is 22.0 Å². The third-order valence-corrected chi connectivity index (χ3v) is 6.75. The zero-order chi connectivity index (χ0) is 24.9. The molecule has 12 heteroatoms. The minimum absolute atomic E-state index is 0.146. The number of hydrogen-bond acceptors (Lipinski definition) is 5. The van der Waals surface area contributed by atoms with Gasteiger partial charge in [0, 0.05) is 5.02 Å². The Hall–Kier alpha value is -2.32. The van der Waals surface area contributed by atoms with Gasteiger partial charge in [0.1, 0.15) is 11.9 Å². The summed E-state index contributed by atoms with van der Waals surface area (Å²) in [6, 6.07) is 5.16. The number of rotatable bonds is 10. The van der Waals surface area contributed by atoms with Crippen molar-refractivity contribution in [1.82, 2.24) is 0 Å². The van der Waals surface area contributed by atoms with Crippen LogP contribution in [0, 0.1) is 35.0 Å². The number of carbonyl (C=O) groups is 1. The van der Waals surface area contributed by atoms with Crippen LogP contribution in [0.25, 0.3) is 0 Å². The smallest absolute Gasteiger partial charge is 0.431 e. The van der Waals surface area contributed by atoms with Gasteiger partial charge in [0.05, 0.1) is 12.1 Å². The molecule has 2 aromatic rings. The summed E-state index contributed by atoms with van der Waals surface area (Å²) in [7, 11) is -4.74. The van der Waals surface area contributed by atoms with Crippen molar-refractivity contribution in [2.45, 2.75) is 39.7 Å². The van der Waals surface area contributed by atoms with Crippen LogP contribution in [0.15, 0.2) is 24.3 Å². The monoisotopic (exact) mass is 514 g/mol. The second-order valence-corrected chi connectivity index (χ2v) is 9.49. The Balaban J connectivity index is 2.43. The van der Waals surface area contributed by atoms with Gasteiger partial charge in [-0.1, -0.05) is 32.4 Å². The predicted octanol–water partition coefficient (Wildman–Crippen LogP) is 7.05. The first kappa shape index (κ1) is 26.9. The van der Waals surface area contributed by atoms with Crippen molar-refractivity contribution in [3.8, 4) is 11.5 Å². The minimum Gasteiger partial charge on any atom is -0.462 e. The molecule has 0 aliphatic heterocycles. The Morgan fingerprint density at radius 2 is 1.39 bits per heavy atom. The van der Waals surface area contributed by atoms with Gasteiger partial charge in [-0.3, -0.25) is 4.79 Å². The van der Waals surface area contributed by atoms with Gasteiger partial charge in [-0.25, -0.2) is 17.7 Å². The molecule has 0 saturated carbocycles. The molecule has 0 bridgehead atoms. The van der Waals surface area contributed by atoms with Crippen LogP contribution in [0.2, 0.25) is 5.02 Å². The average molecular weight is 515 g/mol. The second-order valence-electron chi connectivity index (χ2n) is 7.11. The normalized spacial score (nSPS) is 14.0. The number of esters is 1. The van der Waals surface area contributed by atoms with E-state index in [9.17, 15) is 31.3 Å². The Labute approximate surface area is 192 Å². The molecule has 1 unspecified atom stereocenters. The summed E-state index contributed by atoms with van der Waals surface area (Å²) in [6.45, 7) is 4.87. The summed E-state index contributed by atoms with van der Waals surface area (Å²) in [5, 5.41) is 0.278. The van der Waals surface area contributed by atoms with E-state index in [0.29, 0.717) is 12.8 Å². The van der Waals surface area contributed by atoms with E-state index < -0.39 is 66.6 Å². The molecule has 0 aliphatic rings. The van der Waals surface area contributed by atoms with Crippen molar-refractivity contribution < 1.29 is 45.1 Å². The Morgan fingerprint density at radius 1 is 0.909 bits per heavy atom. The third kappa shape index (κ3) is 6.60. The van der Waals surface area contributed by atoms with Crippen LogP contribution in [0.3, 0.4) is 0 Å². The first-order valence-corrected chi connectivity index (χ1v) is 12.0. The van der Waals surface area contributed by atoms with E-state index in [1.807, 2.05) is 0 Å². The molecule has 5 nitrogen and oxygen atoms in total. The van der Waals surface area contributed by atoms with Gasteiger partial charge in [0.2, 0.25) is 34.8 Å². The van der Waals surface area contributed by atoms with E-state index in [1.165, 1.54) is 31.2 Å². The largest absolute Gasteiger partial charge is 0.462 e. The quantitative estimate of drug-likeness (QED) is 0.112. The Kier molecular flexibility index (Phi) is 9.14. The van der Waals surface area contributed by atoms with Gasteiger partial charge in [-0.15, -0.1) is 0 Å². The maximum Gasteiger partial charge on any atom is 0.431 e. The van der Waals surface area contributed by atoms with Gasteiger partial charge in [0.15, 0.2) is 0 Å². The van der Waals surface area contributed by atoms with E-state index in [4.69, 9.17) is 25.4 Å². The lowest BCUT2D eigenvalue weighted by molar-refractivity contribution is -0.153. The summed E-state index contributed by atoms with van der Waals surface area (Å²) in [4.78, 5) is 12.4. The van der Waals surface area contributed by atoms with E-state index in [-0.39, 0.29) is 10.8 Å². The van der Waals surface area contributed by atoms with Crippen molar-refractivity contribution >= 4 is 25.2 Å². The summed E-state index contributed by atoms with van der Waals surface area (Å²) >= 11 is 5.77. The van der Waals surface area contributed by atoms with Gasteiger partial charge in [0.25, 0.3) is 0 Å². The van der Waals surface area contributed by atoms with E-state index >= 15 is 0 Å². The molecule has 0 aliphatic carbocycles. The fourth-order valence-corrected chi connectivity index (χ4v) is 4.71. The number of hydrogen-bond donors (Lipinski definition) is 0. The highest BCUT2D eigenvalue weighted by molar-refractivity contribution is 7.54. The molecular formula is C21H21ClF5O5P. The molecule has 0 radical (unpaired) electrons. The first-order chi connectivity index (χ1) is 15.4. The predicted molar refractivity (Wildman–Crippen MR) is 111 cm³/mol. The van der Waals surface area contributed by atoms with Gasteiger partial charge >= 0.3 is 13.6 Å². The highest BCUT2D eigenvalue weighted by atomic mass is 35.5. The second kappa shape index (κ2) is 11.2. The lowest BCUT2D eigenvalue weighted by Crippen LogP contribution is -2.25. The maximum atomic E-state index is 14.2. The number of carbonyl (C=O) groups excluding carboxylic acids is 1. The lowest BCUT2D eigenvalue weighted by atomic mass is 10.2. The minimum atomic E-state index is -4.74. The molecule has 0 fully saturated rings. The third-order valence-electron chi connectivity index (χ3n) is 4.55. The fourth-order valence-electron chi connectivity index (χ4n) is 2.70. The van der Waals surface area contributed by atoms with Crippen LogP contribution < -0.4 is 9.05 Å². The zero-order valence-corrected chi connectivity index (χ0v) is 19.5. The molecule has 33 heavy (non-hydrogen) atoms. The van der Waals surface area contributed by atoms with E-state index in [1.54, 1.807) is 13.8 Å². The van der Waals surface area contributed by atoms with Gasteiger partial charge < -0.3 is 13.8 Å². The molecular weight excluding hydrogens is 494 g/mol. The standard InChI is InChI=1S/C21H21ClF5O5P/c1-4-13(5-2)30-21(28)11(3)10-33(29,31-14-8-6-12(22)7-9-14)32-20-18(26)16(24)15(23)17(25)19(20)27/h6-9,11,13H,4-5,10H2,1-3H3/t11-,33?/m1/s1. The Bertz CT molecular complexity index is 1020. The van der Waals surface area contributed by atoms with Gasteiger partial charge in [-0.05, 0) is 37.1 Å².